The molecule has 0 bridgehead atoms. The Bertz CT molecular complexity index is 604. The molecule has 2 aromatic rings. The van der Waals surface area contributed by atoms with Crippen LogP contribution in [-0.2, 0) is 11.2 Å². The molecule has 3 rings (SSSR count). The number of likely N-dealkylation sites (N-methyl/N-ethyl adjacent to an activating group) is 1. The van der Waals surface area contributed by atoms with Crippen LogP contribution in [0.4, 0.5) is 0 Å². The second kappa shape index (κ2) is 9.27. The molecule has 0 saturated carbocycles. The maximum absolute atomic E-state index is 12.4. The molecule has 8 heteroatoms. The summed E-state index contributed by atoms with van der Waals surface area (Å²) in [6.07, 6.45) is 5.89. The lowest BCUT2D eigenvalue weighted by Gasteiger charge is -2.32. The van der Waals surface area contributed by atoms with Crippen LogP contribution in [-0.4, -0.2) is 42.0 Å². The molecule has 0 radical (unpaired) electrons. The predicted molar refractivity (Wildman–Crippen MR) is 96.7 cm³/mol. The van der Waals surface area contributed by atoms with E-state index in [2.05, 4.69) is 10.3 Å². The minimum absolute atomic E-state index is 0. The predicted octanol–water partition coefficient (Wildman–Crippen LogP) is 3.00. The Morgan fingerprint density at radius 2 is 2.35 bits per heavy atom. The highest BCUT2D eigenvalue weighted by atomic mass is 35.5. The summed E-state index contributed by atoms with van der Waals surface area (Å²) in [6.45, 7) is 1.66. The Morgan fingerprint density at radius 1 is 1.52 bits per heavy atom. The number of nitrogens with one attached hydrogen (secondary N) is 1. The maximum Gasteiger partial charge on any atom is 0.228 e. The van der Waals surface area contributed by atoms with Crippen LogP contribution in [0.3, 0.4) is 0 Å². The first-order chi connectivity index (χ1) is 10.3. The van der Waals surface area contributed by atoms with Crippen LogP contribution in [0.25, 0.3) is 10.6 Å². The molecule has 0 aromatic carbocycles. The summed E-state index contributed by atoms with van der Waals surface area (Å²) in [5.41, 5.74) is 1.81. The van der Waals surface area contributed by atoms with Gasteiger partial charge in [-0.1, -0.05) is 0 Å². The number of rotatable bonds is 4. The highest BCUT2D eigenvalue weighted by Crippen LogP contribution is 2.24. The van der Waals surface area contributed by atoms with Crippen LogP contribution in [0.5, 0.6) is 0 Å². The van der Waals surface area contributed by atoms with Gasteiger partial charge in [-0.25, -0.2) is 4.98 Å². The van der Waals surface area contributed by atoms with Crippen LogP contribution in [0.15, 0.2) is 28.4 Å². The molecule has 2 aromatic heterocycles. The van der Waals surface area contributed by atoms with Crippen molar-refractivity contribution >= 4 is 42.1 Å². The summed E-state index contributed by atoms with van der Waals surface area (Å²) in [5, 5.41) is 6.12. The molecule has 1 atom stereocenters. The summed E-state index contributed by atoms with van der Waals surface area (Å²) in [5.74, 6) is 0.166. The Balaban J connectivity index is 0.00000132. The second-order valence-electron chi connectivity index (χ2n) is 5.30. The van der Waals surface area contributed by atoms with E-state index in [1.165, 1.54) is 0 Å². The van der Waals surface area contributed by atoms with Crippen molar-refractivity contribution in [3.05, 3.63) is 29.7 Å². The monoisotopic (exact) mass is 377 g/mol. The summed E-state index contributed by atoms with van der Waals surface area (Å²) in [6, 6.07) is 2.30. The van der Waals surface area contributed by atoms with Gasteiger partial charge in [-0.15, -0.1) is 36.2 Å². The van der Waals surface area contributed by atoms with E-state index in [1.807, 2.05) is 23.4 Å². The third-order valence-electron chi connectivity index (χ3n) is 3.83. The molecule has 1 fully saturated rings. The minimum Gasteiger partial charge on any atom is -0.472 e. The molecule has 128 valence electrons. The number of piperidine rings is 1. The zero-order valence-corrected chi connectivity index (χ0v) is 15.3. The quantitative estimate of drug-likeness (QED) is 0.889. The van der Waals surface area contributed by atoms with E-state index in [-0.39, 0.29) is 30.7 Å². The van der Waals surface area contributed by atoms with E-state index < -0.39 is 0 Å². The Kier molecular flexibility index (Phi) is 8.05. The Morgan fingerprint density at radius 3 is 3.04 bits per heavy atom. The summed E-state index contributed by atoms with van der Waals surface area (Å²) >= 11 is 1.55. The van der Waals surface area contributed by atoms with E-state index in [0.29, 0.717) is 12.5 Å². The number of halogens is 2. The van der Waals surface area contributed by atoms with E-state index in [0.717, 1.165) is 42.2 Å². The van der Waals surface area contributed by atoms with Gasteiger partial charge in [-0.05, 0) is 26.0 Å². The minimum atomic E-state index is 0. The van der Waals surface area contributed by atoms with Crippen molar-refractivity contribution in [2.45, 2.75) is 25.3 Å². The number of thiazole rings is 1. The van der Waals surface area contributed by atoms with Crippen molar-refractivity contribution in [2.24, 2.45) is 0 Å². The number of carbonyl (C=O) groups excluding carboxylic acids is 1. The molecule has 1 amide bonds. The molecular formula is C15H21Cl2N3O2S. The first-order valence-electron chi connectivity index (χ1n) is 7.18. The van der Waals surface area contributed by atoms with Crippen LogP contribution in [0.2, 0.25) is 0 Å². The molecule has 1 aliphatic rings. The highest BCUT2D eigenvalue weighted by Gasteiger charge is 2.23. The molecular weight excluding hydrogens is 357 g/mol. The fourth-order valence-corrected chi connectivity index (χ4v) is 3.42. The van der Waals surface area contributed by atoms with Crippen molar-refractivity contribution in [2.75, 3.05) is 20.1 Å². The zero-order valence-electron chi connectivity index (χ0n) is 12.9. The molecule has 5 nitrogen and oxygen atoms in total. The number of hydrogen-bond donors (Lipinski definition) is 1. The van der Waals surface area contributed by atoms with Crippen LogP contribution >= 0.6 is 36.2 Å². The molecule has 23 heavy (non-hydrogen) atoms. The van der Waals surface area contributed by atoms with E-state index in [9.17, 15) is 4.79 Å². The van der Waals surface area contributed by atoms with E-state index in [1.54, 1.807) is 23.9 Å². The van der Waals surface area contributed by atoms with Gasteiger partial charge in [0, 0.05) is 30.1 Å². The van der Waals surface area contributed by atoms with Gasteiger partial charge in [0.15, 0.2) is 0 Å². The standard InChI is InChI=1S/C15H19N3O2S.2ClH/c1-16-12-3-2-5-18(8-12)14(19)7-13-10-21-15(17-13)11-4-6-20-9-11;;/h4,6,9-10,12,16H,2-3,5,7-8H2,1H3;2*1H. The van der Waals surface area contributed by atoms with Crippen LogP contribution in [0, 0.1) is 0 Å². The number of furan rings is 1. The lowest BCUT2D eigenvalue weighted by molar-refractivity contribution is -0.131. The molecule has 1 aliphatic heterocycles. The molecule has 0 aliphatic carbocycles. The van der Waals surface area contributed by atoms with Gasteiger partial charge in [-0.3, -0.25) is 4.79 Å². The molecule has 1 saturated heterocycles. The van der Waals surface area contributed by atoms with Gasteiger partial charge in [0.2, 0.25) is 5.91 Å². The van der Waals surface area contributed by atoms with E-state index >= 15 is 0 Å². The number of hydrogen-bond acceptors (Lipinski definition) is 5. The molecule has 1 N–H and O–H groups in total. The van der Waals surface area contributed by atoms with Crippen LogP contribution < -0.4 is 5.32 Å². The molecule has 3 heterocycles. The molecule has 0 spiro atoms. The SMILES string of the molecule is CNC1CCCN(C(=O)Cc2csc(-c3ccoc3)n2)C1.Cl.Cl. The van der Waals surface area contributed by atoms with Crippen molar-refractivity contribution in [3.8, 4) is 10.6 Å². The van der Waals surface area contributed by atoms with Crippen molar-refractivity contribution in [1.29, 1.82) is 0 Å². The summed E-state index contributed by atoms with van der Waals surface area (Å²) in [7, 11) is 1.95. The number of carbonyl (C=O) groups is 1. The smallest absolute Gasteiger partial charge is 0.228 e. The van der Waals surface area contributed by atoms with Gasteiger partial charge >= 0.3 is 0 Å². The lowest BCUT2D eigenvalue weighted by Crippen LogP contribution is -2.47. The van der Waals surface area contributed by atoms with E-state index in [4.69, 9.17) is 4.42 Å². The topological polar surface area (TPSA) is 58.4 Å². The Hall–Kier alpha value is -1.08. The fourth-order valence-electron chi connectivity index (χ4n) is 2.61. The van der Waals surface area contributed by atoms with Crippen molar-refractivity contribution in [1.82, 2.24) is 15.2 Å². The largest absolute Gasteiger partial charge is 0.472 e. The first-order valence-corrected chi connectivity index (χ1v) is 8.06. The molecule has 1 unspecified atom stereocenters. The van der Waals surface area contributed by atoms with Gasteiger partial charge in [-0.2, -0.15) is 0 Å². The third kappa shape index (κ3) is 4.94. The average molecular weight is 378 g/mol. The first kappa shape index (κ1) is 20.0. The number of amides is 1. The van der Waals surface area contributed by atoms with Gasteiger partial charge in [0.1, 0.15) is 11.3 Å². The van der Waals surface area contributed by atoms with Gasteiger partial charge in [0.25, 0.3) is 0 Å². The number of aromatic nitrogens is 1. The van der Waals surface area contributed by atoms with Gasteiger partial charge < -0.3 is 14.6 Å². The second-order valence-corrected chi connectivity index (χ2v) is 6.16. The van der Waals surface area contributed by atoms with Crippen molar-refractivity contribution < 1.29 is 9.21 Å². The van der Waals surface area contributed by atoms with Crippen molar-refractivity contribution in [3.63, 3.8) is 0 Å². The highest BCUT2D eigenvalue weighted by molar-refractivity contribution is 7.13. The summed E-state index contributed by atoms with van der Waals surface area (Å²) in [4.78, 5) is 18.8. The van der Waals surface area contributed by atoms with Gasteiger partial charge in [0.05, 0.1) is 18.4 Å². The summed E-state index contributed by atoms with van der Waals surface area (Å²) < 4.78 is 5.06. The van der Waals surface area contributed by atoms with Crippen LogP contribution in [0.1, 0.15) is 18.5 Å². The lowest BCUT2D eigenvalue weighted by atomic mass is 10.1. The average Bonchev–Trinajstić information content (AvgIpc) is 3.18. The maximum atomic E-state index is 12.4. The fraction of sp³-hybridized carbons (Fsp3) is 0.467. The third-order valence-corrected chi connectivity index (χ3v) is 4.77. The number of nitrogens with zero attached hydrogens (tertiary/aromatic N) is 2. The number of likely N-dealkylation sites (tertiary alicyclic amines) is 1. The zero-order chi connectivity index (χ0) is 14.7. The Labute approximate surface area is 152 Å². The normalized spacial score (nSPS) is 17.3.